The van der Waals surface area contributed by atoms with E-state index >= 15 is 0 Å². The molecule has 1 aromatic carbocycles. The summed E-state index contributed by atoms with van der Waals surface area (Å²) < 4.78 is 0. The molecule has 2 rings (SSSR count). The van der Waals surface area contributed by atoms with Crippen molar-refractivity contribution in [3.8, 4) is 0 Å². The molecule has 0 heterocycles. The van der Waals surface area contributed by atoms with Crippen molar-refractivity contribution in [1.29, 1.82) is 5.41 Å². The molecule has 1 aliphatic rings. The molecule has 0 saturated heterocycles. The number of hydrogen-bond donors (Lipinski definition) is 1. The zero-order valence-corrected chi connectivity index (χ0v) is 10.8. The predicted octanol–water partition coefficient (Wildman–Crippen LogP) is 4.56. The van der Waals surface area contributed by atoms with Crippen LogP contribution in [-0.2, 0) is 6.42 Å². The van der Waals surface area contributed by atoms with Gasteiger partial charge in [-0.05, 0) is 49.0 Å². The minimum atomic E-state index is 0.892. The molecule has 0 bridgehead atoms. The standard InChI is InChI=1S/C17H19N/c1-14-6-2-3-8-17(14)16-11-9-15(10-12-16)7-4-5-13-18/h3-5,8-13,18H,2,6-7H2,1H3/b5-4-,18-13?. The van der Waals surface area contributed by atoms with E-state index in [4.69, 9.17) is 5.41 Å². The van der Waals surface area contributed by atoms with E-state index in [-0.39, 0.29) is 0 Å². The van der Waals surface area contributed by atoms with Gasteiger partial charge in [0.15, 0.2) is 0 Å². The van der Waals surface area contributed by atoms with Crippen LogP contribution in [0.2, 0.25) is 0 Å². The van der Waals surface area contributed by atoms with Crippen LogP contribution in [0.5, 0.6) is 0 Å². The first-order valence-electron chi connectivity index (χ1n) is 6.42. The Morgan fingerprint density at radius 2 is 2.00 bits per heavy atom. The number of rotatable bonds is 4. The van der Waals surface area contributed by atoms with Crippen LogP contribution >= 0.6 is 0 Å². The summed E-state index contributed by atoms with van der Waals surface area (Å²) in [7, 11) is 0. The highest BCUT2D eigenvalue weighted by Gasteiger charge is 2.06. The highest BCUT2D eigenvalue weighted by Crippen LogP contribution is 2.27. The van der Waals surface area contributed by atoms with E-state index in [9.17, 15) is 0 Å². The molecule has 0 atom stereocenters. The monoisotopic (exact) mass is 237 g/mol. The van der Waals surface area contributed by atoms with E-state index in [1.165, 1.54) is 41.3 Å². The summed E-state index contributed by atoms with van der Waals surface area (Å²) in [5.74, 6) is 0. The van der Waals surface area contributed by atoms with Crippen LogP contribution in [0.25, 0.3) is 5.57 Å². The molecule has 0 aliphatic heterocycles. The Labute approximate surface area is 109 Å². The largest absolute Gasteiger partial charge is 0.309 e. The Balaban J connectivity index is 2.15. The van der Waals surface area contributed by atoms with Crippen LogP contribution in [0, 0.1) is 5.41 Å². The molecule has 0 fully saturated rings. The topological polar surface area (TPSA) is 23.9 Å². The molecule has 1 aromatic rings. The summed E-state index contributed by atoms with van der Waals surface area (Å²) in [4.78, 5) is 0. The normalized spacial score (nSPS) is 15.4. The average molecular weight is 237 g/mol. The fourth-order valence-corrected chi connectivity index (χ4v) is 2.21. The number of allylic oxidation sites excluding steroid dienone is 6. The maximum atomic E-state index is 6.93. The summed E-state index contributed by atoms with van der Waals surface area (Å²) in [6.07, 6.45) is 12.8. The zero-order valence-electron chi connectivity index (χ0n) is 10.8. The molecule has 0 aromatic heterocycles. The van der Waals surface area contributed by atoms with Crippen LogP contribution < -0.4 is 0 Å². The molecule has 18 heavy (non-hydrogen) atoms. The molecular weight excluding hydrogens is 218 g/mol. The van der Waals surface area contributed by atoms with Crippen LogP contribution in [0.4, 0.5) is 0 Å². The van der Waals surface area contributed by atoms with Crippen LogP contribution in [0.1, 0.15) is 30.9 Å². The van der Waals surface area contributed by atoms with Crippen molar-refractivity contribution >= 4 is 11.8 Å². The van der Waals surface area contributed by atoms with Crippen molar-refractivity contribution in [2.24, 2.45) is 0 Å². The number of hydrogen-bond acceptors (Lipinski definition) is 1. The Kier molecular flexibility index (Phi) is 4.30. The number of benzene rings is 1. The third kappa shape index (κ3) is 3.07. The smallest absolute Gasteiger partial charge is 0.0174 e. The van der Waals surface area contributed by atoms with Gasteiger partial charge in [-0.25, -0.2) is 0 Å². The molecule has 0 amide bonds. The van der Waals surface area contributed by atoms with E-state index in [0.717, 1.165) is 6.42 Å². The van der Waals surface area contributed by atoms with Crippen molar-refractivity contribution in [2.75, 3.05) is 0 Å². The van der Waals surface area contributed by atoms with Crippen LogP contribution in [0.15, 0.2) is 54.1 Å². The summed E-state index contributed by atoms with van der Waals surface area (Å²) >= 11 is 0. The predicted molar refractivity (Wildman–Crippen MR) is 79.0 cm³/mol. The van der Waals surface area contributed by atoms with Gasteiger partial charge in [-0.15, -0.1) is 0 Å². The molecule has 0 spiro atoms. The summed E-state index contributed by atoms with van der Waals surface area (Å²) in [6, 6.07) is 8.74. The van der Waals surface area contributed by atoms with E-state index in [2.05, 4.69) is 43.3 Å². The second-order valence-electron chi connectivity index (χ2n) is 4.63. The summed E-state index contributed by atoms with van der Waals surface area (Å²) in [5.41, 5.74) is 5.45. The third-order valence-corrected chi connectivity index (χ3v) is 3.28. The third-order valence-electron chi connectivity index (χ3n) is 3.28. The minimum Gasteiger partial charge on any atom is -0.309 e. The van der Waals surface area contributed by atoms with Crippen molar-refractivity contribution in [2.45, 2.75) is 26.2 Å². The first-order chi connectivity index (χ1) is 8.81. The highest BCUT2D eigenvalue weighted by atomic mass is 14.3. The maximum Gasteiger partial charge on any atom is 0.0174 e. The van der Waals surface area contributed by atoms with E-state index in [1.807, 2.05) is 6.08 Å². The Hall–Kier alpha value is -1.89. The molecule has 0 radical (unpaired) electrons. The lowest BCUT2D eigenvalue weighted by molar-refractivity contribution is 0.967. The van der Waals surface area contributed by atoms with Gasteiger partial charge in [-0.3, -0.25) is 0 Å². The maximum absolute atomic E-state index is 6.93. The summed E-state index contributed by atoms with van der Waals surface area (Å²) in [6.45, 7) is 2.22. The van der Waals surface area contributed by atoms with Gasteiger partial charge in [-0.1, -0.05) is 48.1 Å². The molecule has 1 heteroatoms. The SMILES string of the molecule is CC1=C(c2ccc(C/C=C\C=N)cc2)C=CCC1. The molecular formula is C17H19N. The van der Waals surface area contributed by atoms with Gasteiger partial charge in [0, 0.05) is 6.21 Å². The zero-order chi connectivity index (χ0) is 12.8. The van der Waals surface area contributed by atoms with Crippen molar-refractivity contribution in [1.82, 2.24) is 0 Å². The van der Waals surface area contributed by atoms with Gasteiger partial charge in [0.1, 0.15) is 0 Å². The van der Waals surface area contributed by atoms with Crippen molar-refractivity contribution < 1.29 is 0 Å². The van der Waals surface area contributed by atoms with Gasteiger partial charge >= 0.3 is 0 Å². The van der Waals surface area contributed by atoms with Crippen LogP contribution in [-0.4, -0.2) is 6.21 Å². The van der Waals surface area contributed by atoms with Crippen LogP contribution in [0.3, 0.4) is 0 Å². The van der Waals surface area contributed by atoms with Crippen molar-refractivity contribution in [3.63, 3.8) is 0 Å². The lowest BCUT2D eigenvalue weighted by atomic mass is 9.93. The average Bonchev–Trinajstić information content (AvgIpc) is 2.41. The number of nitrogens with one attached hydrogen (secondary N) is 1. The Morgan fingerprint density at radius 3 is 2.67 bits per heavy atom. The Bertz CT molecular complexity index is 501. The van der Waals surface area contributed by atoms with E-state index in [1.54, 1.807) is 6.08 Å². The Morgan fingerprint density at radius 1 is 1.22 bits per heavy atom. The van der Waals surface area contributed by atoms with Gasteiger partial charge < -0.3 is 5.41 Å². The molecule has 1 aliphatic carbocycles. The first-order valence-corrected chi connectivity index (χ1v) is 6.42. The fraction of sp³-hybridized carbons (Fsp3) is 0.235. The van der Waals surface area contributed by atoms with Gasteiger partial charge in [0.25, 0.3) is 0 Å². The second-order valence-corrected chi connectivity index (χ2v) is 4.63. The molecule has 1 nitrogen and oxygen atoms in total. The van der Waals surface area contributed by atoms with Gasteiger partial charge in [0.2, 0.25) is 0 Å². The molecule has 92 valence electrons. The quantitative estimate of drug-likeness (QED) is 0.742. The molecule has 1 N–H and O–H groups in total. The lowest BCUT2D eigenvalue weighted by Crippen LogP contribution is -1.92. The van der Waals surface area contributed by atoms with Crippen molar-refractivity contribution in [3.05, 3.63) is 65.3 Å². The lowest BCUT2D eigenvalue weighted by Gasteiger charge is -2.13. The highest BCUT2D eigenvalue weighted by molar-refractivity contribution is 5.77. The van der Waals surface area contributed by atoms with E-state index in [0.29, 0.717) is 0 Å². The van der Waals surface area contributed by atoms with E-state index < -0.39 is 0 Å². The fourth-order valence-electron chi connectivity index (χ4n) is 2.21. The molecule has 0 unspecified atom stereocenters. The minimum absolute atomic E-state index is 0.892. The first kappa shape index (κ1) is 12.6. The summed E-state index contributed by atoms with van der Waals surface area (Å²) in [5, 5.41) is 6.93. The van der Waals surface area contributed by atoms with Gasteiger partial charge in [0.05, 0.1) is 0 Å². The van der Waals surface area contributed by atoms with Gasteiger partial charge in [-0.2, -0.15) is 0 Å². The molecule has 0 saturated carbocycles. The second kappa shape index (κ2) is 6.15.